The maximum Gasteiger partial charge on any atom is -0.0132 e. The third-order valence-electron chi connectivity index (χ3n) is 2.25. The van der Waals surface area contributed by atoms with Crippen LogP contribution in [0.3, 0.4) is 0 Å². The fourth-order valence-electron chi connectivity index (χ4n) is 0.938. The molecule has 0 nitrogen and oxygen atoms in total. The van der Waals surface area contributed by atoms with E-state index in [0.29, 0.717) is 65.0 Å². The molecule has 0 heteroatoms. The van der Waals surface area contributed by atoms with Crippen LogP contribution in [0, 0.1) is 59.6 Å². The van der Waals surface area contributed by atoms with Crippen molar-refractivity contribution in [1.29, 1.82) is 0 Å². The van der Waals surface area contributed by atoms with Gasteiger partial charge in [-0.2, -0.15) is 0 Å². The smallest absolute Gasteiger partial charge is 0.0132 e. The standard InChI is InChI=1S/C10H14.C6H12.10C5H12.24CH4/c1-10(2,3)9-7-5-4-6-8-9;1-5-6(2,3)4;10*1-5(2,3)4;;;;;;;;;;;;;;;;;;;;;;;;/h4-8H,1-3H3;5H,1H2,2-4H3;10*1-4H3;24*1H4. The van der Waals surface area contributed by atoms with Gasteiger partial charge in [0.15, 0.2) is 0 Å². The van der Waals surface area contributed by atoms with Crippen LogP contribution in [-0.2, 0) is 5.41 Å². The van der Waals surface area contributed by atoms with Gasteiger partial charge >= 0.3 is 0 Å². The summed E-state index contributed by atoms with van der Waals surface area (Å²) in [7, 11) is 0. The molecule has 0 saturated carbocycles. The van der Waals surface area contributed by atoms with E-state index < -0.39 is 0 Å². The maximum absolute atomic E-state index is 3.63. The number of rotatable bonds is 0. The van der Waals surface area contributed by atoms with Crippen LogP contribution < -0.4 is 0 Å². The van der Waals surface area contributed by atoms with Crippen molar-refractivity contribution < 1.29 is 0 Å². The Kier molecular flexibility index (Phi) is 273. The van der Waals surface area contributed by atoms with Crippen molar-refractivity contribution in [3.63, 3.8) is 0 Å². The number of benzene rings is 1. The monoisotopic (exact) mass is 1320 g/mol. The van der Waals surface area contributed by atoms with Crippen molar-refractivity contribution in [3.05, 3.63) is 48.6 Å². The minimum atomic E-state index is 0. The summed E-state index contributed by atoms with van der Waals surface area (Å²) in [4.78, 5) is 0. The Hall–Kier alpha value is -1.04. The minimum Gasteiger partial charge on any atom is -0.103 e. The lowest BCUT2D eigenvalue weighted by Gasteiger charge is -2.18. The van der Waals surface area contributed by atoms with Gasteiger partial charge in [-0.25, -0.2) is 0 Å². The molecule has 90 heavy (non-hydrogen) atoms. The fraction of sp³-hybridized carbons (Fsp3) is 0.911. The number of allylic oxidation sites excluding steroid dienone is 1. The Morgan fingerprint density at radius 3 is 0.278 bits per heavy atom. The average Bonchev–Trinajstić information content (AvgIpc) is 2.78. The van der Waals surface area contributed by atoms with Crippen molar-refractivity contribution in [2.75, 3.05) is 0 Å². The highest BCUT2D eigenvalue weighted by atomic mass is 14.2. The summed E-state index contributed by atoms with van der Waals surface area (Å²) >= 11 is 0. The molecular formula is C90H242. The summed E-state index contributed by atoms with van der Waals surface area (Å²) < 4.78 is 0. The first kappa shape index (κ1) is 236. The van der Waals surface area contributed by atoms with Crippen LogP contribution in [-0.4, -0.2) is 0 Å². The first-order chi connectivity index (χ1) is 27.2. The van der Waals surface area contributed by atoms with Crippen molar-refractivity contribution in [2.45, 2.75) is 502 Å². The van der Waals surface area contributed by atoms with Crippen LogP contribution in [0.2, 0.25) is 0 Å². The summed E-state index contributed by atoms with van der Waals surface area (Å²) in [6.45, 7) is 104. The second kappa shape index (κ2) is 104. The molecule has 0 aliphatic rings. The van der Waals surface area contributed by atoms with E-state index in [0.717, 1.165) is 0 Å². The van der Waals surface area contributed by atoms with E-state index in [1.807, 2.05) is 6.08 Å². The predicted molar refractivity (Wildman–Crippen MR) is 488 cm³/mol. The van der Waals surface area contributed by atoms with Crippen molar-refractivity contribution >= 4 is 0 Å². The van der Waals surface area contributed by atoms with Gasteiger partial charge in [-0.3, -0.25) is 0 Å². The molecule has 1 aromatic carbocycles. The van der Waals surface area contributed by atoms with Gasteiger partial charge in [-0.15, -0.1) is 6.58 Å². The van der Waals surface area contributed by atoms with Crippen LogP contribution in [0.5, 0.6) is 0 Å². The van der Waals surface area contributed by atoms with E-state index in [1.165, 1.54) is 5.56 Å². The van der Waals surface area contributed by atoms with Crippen LogP contribution >= 0.6 is 0 Å². The Balaban J connectivity index is -0.0000000109. The predicted octanol–water partition coefficient (Wildman–Crippen LogP) is 41.0. The van der Waals surface area contributed by atoms with Crippen LogP contribution in [0.15, 0.2) is 43.0 Å². The molecule has 0 aromatic heterocycles. The molecule has 0 fully saturated rings. The van der Waals surface area contributed by atoms with E-state index in [9.17, 15) is 0 Å². The molecule has 0 atom stereocenters. The summed E-state index contributed by atoms with van der Waals surface area (Å²) in [6, 6.07) is 10.6. The van der Waals surface area contributed by atoms with Gasteiger partial charge in [0.2, 0.25) is 0 Å². The van der Waals surface area contributed by atoms with E-state index >= 15 is 0 Å². The zero-order chi connectivity index (χ0) is 57.8. The van der Waals surface area contributed by atoms with E-state index in [2.05, 4.69) is 355 Å². The van der Waals surface area contributed by atoms with Crippen LogP contribution in [0.25, 0.3) is 0 Å². The topological polar surface area (TPSA) is 0 Å². The second-order valence-electron chi connectivity index (χ2n) is 36.2. The first-order valence-electron chi connectivity index (χ1n) is 25.9. The summed E-state index contributed by atoms with van der Waals surface area (Å²) in [6.07, 6.45) is 1.94. The molecule has 0 N–H and O–H groups in total. The van der Waals surface area contributed by atoms with E-state index in [-0.39, 0.29) is 178 Å². The van der Waals surface area contributed by atoms with Gasteiger partial charge in [0.05, 0.1) is 0 Å². The highest BCUT2D eigenvalue weighted by molar-refractivity contribution is 5.22. The van der Waals surface area contributed by atoms with Gasteiger partial charge in [-0.1, -0.05) is 533 Å². The lowest BCUT2D eigenvalue weighted by Crippen LogP contribution is -2.10. The summed E-state index contributed by atoms with van der Waals surface area (Å²) in [5.41, 5.74) is 7.00. The average molecular weight is 1320 g/mol. The lowest BCUT2D eigenvalue weighted by molar-refractivity contribution is 0.469. The molecule has 0 saturated heterocycles. The van der Waals surface area contributed by atoms with E-state index in [1.54, 1.807) is 0 Å². The molecule has 0 aliphatic heterocycles. The zero-order valence-corrected chi connectivity index (χ0v) is 56.7. The first-order valence-corrected chi connectivity index (χ1v) is 25.9. The fourth-order valence-corrected chi connectivity index (χ4v) is 0.938. The minimum absolute atomic E-state index is 0. The van der Waals surface area contributed by atoms with Crippen molar-refractivity contribution in [3.8, 4) is 0 Å². The molecule has 1 aromatic rings. The van der Waals surface area contributed by atoms with Gasteiger partial charge in [0.1, 0.15) is 0 Å². The quantitative estimate of drug-likeness (QED) is 0.227. The SMILES string of the molecule is C.C.C.C.C.C.C.C.C.C.C.C.C.C.C.C.C.C.C.C.C.C.C.C.C=CC(C)(C)C.CC(C)(C)C.CC(C)(C)C.CC(C)(C)C.CC(C)(C)C.CC(C)(C)C.CC(C)(C)C.CC(C)(C)C.CC(C)(C)C.CC(C)(C)C.CC(C)(C)C.CC(C)(C)c1ccccc1. The molecule has 0 heterocycles. The molecule has 0 spiro atoms. The lowest BCUT2D eigenvalue weighted by atomic mass is 9.87. The van der Waals surface area contributed by atoms with Gasteiger partial charge in [-0.05, 0) is 70.5 Å². The zero-order valence-electron chi connectivity index (χ0n) is 56.7. The Morgan fingerprint density at radius 1 is 0.178 bits per heavy atom. The Labute approximate surface area is 607 Å². The second-order valence-corrected chi connectivity index (χ2v) is 36.2. The molecular weight excluding hydrogens is 1080 g/mol. The molecule has 0 radical (unpaired) electrons. The molecule has 0 amide bonds. The molecule has 0 aliphatic carbocycles. The Morgan fingerprint density at radius 2 is 0.244 bits per heavy atom. The summed E-state index contributed by atoms with van der Waals surface area (Å²) in [5, 5.41) is 0. The van der Waals surface area contributed by atoms with Crippen LogP contribution in [0.1, 0.15) is 502 Å². The third kappa shape index (κ3) is 2520. The molecule has 0 bridgehead atoms. The highest BCUT2D eigenvalue weighted by Gasteiger charge is 2.11. The normalized spacial score (nSPS) is 8.69. The number of hydrogen-bond acceptors (Lipinski definition) is 0. The molecule has 602 valence electrons. The van der Waals surface area contributed by atoms with E-state index in [4.69, 9.17) is 0 Å². The Bertz CT molecular complexity index is 824. The largest absolute Gasteiger partial charge is 0.103 e. The summed E-state index contributed by atoms with van der Waals surface area (Å²) in [5.74, 6) is 0. The van der Waals surface area contributed by atoms with Crippen LogP contribution in [0.4, 0.5) is 0 Å². The van der Waals surface area contributed by atoms with Gasteiger partial charge in [0, 0.05) is 0 Å². The molecule has 1 rings (SSSR count). The van der Waals surface area contributed by atoms with Gasteiger partial charge < -0.3 is 0 Å². The van der Waals surface area contributed by atoms with Crippen molar-refractivity contribution in [2.24, 2.45) is 59.6 Å². The van der Waals surface area contributed by atoms with Gasteiger partial charge in [0.25, 0.3) is 0 Å². The maximum atomic E-state index is 3.63. The molecule has 0 unspecified atom stereocenters. The van der Waals surface area contributed by atoms with Crippen molar-refractivity contribution in [1.82, 2.24) is 0 Å². The third-order valence-corrected chi connectivity index (χ3v) is 2.25. The number of hydrogen-bond donors (Lipinski definition) is 0. The highest BCUT2D eigenvalue weighted by Crippen LogP contribution is 2.21.